The minimum Gasteiger partial charge on any atom is -0.449 e. The molecule has 1 aromatic heterocycles. The van der Waals surface area contributed by atoms with Crippen molar-refractivity contribution >= 4 is 30.1 Å². The van der Waals surface area contributed by atoms with E-state index in [4.69, 9.17) is 23.7 Å². The fraction of sp³-hybridized carbons (Fsp3) is 0.800. The molecule has 17 heteroatoms. The highest BCUT2D eigenvalue weighted by Crippen LogP contribution is 2.47. The van der Waals surface area contributed by atoms with Crippen LogP contribution in [0.15, 0.2) is 4.79 Å². The van der Waals surface area contributed by atoms with E-state index in [-0.39, 0.29) is 77.9 Å². The molecule has 5 atom stereocenters. The zero-order chi connectivity index (χ0) is 42.4. The number of carbonyl (C=O) groups is 4. The number of anilines is 1. The van der Waals surface area contributed by atoms with Crippen molar-refractivity contribution in [2.24, 2.45) is 21.7 Å². The van der Waals surface area contributed by atoms with Crippen LogP contribution >= 0.6 is 0 Å². The molecule has 0 aromatic carbocycles. The molecule has 2 aliphatic rings. The Hall–Kier alpha value is -3.96. The number of hydrogen-bond donors (Lipinski definition) is 6. The van der Waals surface area contributed by atoms with Crippen molar-refractivity contribution < 1.29 is 42.9 Å². The van der Waals surface area contributed by atoms with Crippen LogP contribution in [0.5, 0.6) is 0 Å². The van der Waals surface area contributed by atoms with Crippen molar-refractivity contribution in [3.63, 3.8) is 0 Å². The minimum absolute atomic E-state index is 0.00140. The molecule has 1 heterocycles. The Morgan fingerprint density at radius 3 is 2.00 bits per heavy atom. The predicted octanol–water partition coefficient (Wildman–Crippen LogP) is 4.57. The van der Waals surface area contributed by atoms with Crippen molar-refractivity contribution in [2.45, 2.75) is 125 Å². The van der Waals surface area contributed by atoms with Gasteiger partial charge in [-0.1, -0.05) is 41.5 Å². The topological polar surface area (TPSA) is 220 Å². The largest absolute Gasteiger partial charge is 0.449 e. The van der Waals surface area contributed by atoms with Gasteiger partial charge >= 0.3 is 18.2 Å². The van der Waals surface area contributed by atoms with Gasteiger partial charge in [-0.15, -0.1) is 0 Å². The van der Waals surface area contributed by atoms with E-state index in [9.17, 15) is 24.0 Å². The molecule has 1 aromatic rings. The van der Waals surface area contributed by atoms with Crippen LogP contribution in [-0.4, -0.2) is 112 Å². The number of methoxy groups -OCH3 is 1. The summed E-state index contributed by atoms with van der Waals surface area (Å²) in [5, 5.41) is 14.4. The van der Waals surface area contributed by atoms with Crippen molar-refractivity contribution in [3.05, 3.63) is 21.6 Å². The molecule has 2 saturated carbocycles. The lowest BCUT2D eigenvalue weighted by atomic mass is 9.62. The molecule has 0 radical (unpaired) electrons. The molecule has 0 aliphatic heterocycles. The van der Waals surface area contributed by atoms with Crippen LogP contribution in [0.4, 0.5) is 20.3 Å². The number of H-pyrrole nitrogens is 1. The van der Waals surface area contributed by atoms with E-state index in [0.717, 1.165) is 32.1 Å². The summed E-state index contributed by atoms with van der Waals surface area (Å²) in [6.07, 6.45) is 3.57. The number of amides is 5. The van der Waals surface area contributed by atoms with Gasteiger partial charge in [0, 0.05) is 56.9 Å². The SMILES string of the molecule is COCCOCC(C)OCCOC(=O)NC1CC(C)(C)CC(C)(CNC(=O)Nc2nc(=O)c(CCOC(=O)NCC3(C)CC(NC(C)=O)CC(C)(C)C3)c(C)[nH]2)C1. The Labute approximate surface area is 337 Å². The normalized spacial score (nSPS) is 24.4. The number of carbonyl (C=O) groups excluding carboxylic acids is 4. The van der Waals surface area contributed by atoms with Crippen LogP contribution in [0.3, 0.4) is 0 Å². The number of ether oxygens (including phenoxy) is 5. The maximum atomic E-state index is 13.0. The van der Waals surface area contributed by atoms with Crippen molar-refractivity contribution in [2.75, 3.05) is 65.2 Å². The smallest absolute Gasteiger partial charge is 0.407 e. The summed E-state index contributed by atoms with van der Waals surface area (Å²) >= 11 is 0. The average Bonchev–Trinajstić information content (AvgIpc) is 3.06. The summed E-state index contributed by atoms with van der Waals surface area (Å²) in [5.74, 6) is -0.0738. The third kappa shape index (κ3) is 17.2. The van der Waals surface area contributed by atoms with E-state index in [1.54, 1.807) is 14.0 Å². The highest BCUT2D eigenvalue weighted by atomic mass is 16.6. The average molecular weight is 808 g/mol. The van der Waals surface area contributed by atoms with Crippen LogP contribution in [0.25, 0.3) is 0 Å². The lowest BCUT2D eigenvalue weighted by Crippen LogP contribution is -2.51. The first-order valence-corrected chi connectivity index (χ1v) is 20.0. The van der Waals surface area contributed by atoms with Gasteiger partial charge in [-0.2, -0.15) is 4.98 Å². The Balaban J connectivity index is 1.42. The quantitative estimate of drug-likeness (QED) is 0.106. The summed E-state index contributed by atoms with van der Waals surface area (Å²) in [6, 6.07) is -0.660. The van der Waals surface area contributed by atoms with Gasteiger partial charge < -0.3 is 49.9 Å². The second-order valence-electron chi connectivity index (χ2n) is 18.3. The van der Waals surface area contributed by atoms with Gasteiger partial charge in [0.25, 0.3) is 5.56 Å². The Morgan fingerprint density at radius 1 is 0.807 bits per heavy atom. The number of nitrogens with zero attached hydrogens (tertiary/aromatic N) is 1. The summed E-state index contributed by atoms with van der Waals surface area (Å²) in [7, 11) is 1.61. The van der Waals surface area contributed by atoms with Crippen LogP contribution in [-0.2, 0) is 34.9 Å². The molecule has 3 rings (SSSR count). The molecule has 2 aliphatic carbocycles. The van der Waals surface area contributed by atoms with Gasteiger partial charge in [0.15, 0.2) is 0 Å². The molecule has 57 heavy (non-hydrogen) atoms. The molecular formula is C40H69N7O10. The lowest BCUT2D eigenvalue weighted by molar-refractivity contribution is -0.120. The number of rotatable bonds is 19. The number of alkyl carbamates (subject to hydrolysis) is 2. The van der Waals surface area contributed by atoms with Gasteiger partial charge in [-0.05, 0) is 74.0 Å². The number of nitrogens with one attached hydrogen (secondary N) is 6. The van der Waals surface area contributed by atoms with Crippen molar-refractivity contribution in [1.29, 1.82) is 0 Å². The molecule has 0 spiro atoms. The monoisotopic (exact) mass is 808 g/mol. The van der Waals surface area contributed by atoms with E-state index in [2.05, 4.69) is 78.1 Å². The number of aromatic amines is 1. The zero-order valence-electron chi connectivity index (χ0n) is 35.9. The number of urea groups is 1. The highest BCUT2D eigenvalue weighted by Gasteiger charge is 2.43. The van der Waals surface area contributed by atoms with E-state index in [1.807, 2.05) is 6.92 Å². The third-order valence-electron chi connectivity index (χ3n) is 10.5. The predicted molar refractivity (Wildman–Crippen MR) is 215 cm³/mol. The number of aromatic nitrogens is 2. The first-order chi connectivity index (χ1) is 26.6. The lowest BCUT2D eigenvalue weighted by Gasteiger charge is -2.46. The molecule has 17 nitrogen and oxygen atoms in total. The van der Waals surface area contributed by atoms with Crippen LogP contribution in [0, 0.1) is 28.6 Å². The number of hydrogen-bond acceptors (Lipinski definition) is 11. The fourth-order valence-electron chi connectivity index (χ4n) is 9.05. The zero-order valence-corrected chi connectivity index (χ0v) is 35.9. The second-order valence-corrected chi connectivity index (χ2v) is 18.3. The van der Waals surface area contributed by atoms with Crippen molar-refractivity contribution in [1.82, 2.24) is 31.2 Å². The van der Waals surface area contributed by atoms with Crippen molar-refractivity contribution in [3.8, 4) is 0 Å². The van der Waals surface area contributed by atoms with Gasteiger partial charge in [0.1, 0.15) is 6.61 Å². The standard InChI is InChI=1S/C40H69N7O10/c1-26(21-54-14-13-53-10)55-15-16-57-36(52)45-30-18-38(6,7)22-39(8,20-30)24-41-34(50)47-33-43-27(2)31(32(49)46-33)11-12-56-35(51)42-25-40(9)19-29(44-28(3)48)17-37(4,5)23-40/h26,29-30H,11-25H2,1-10H3,(H,42,51)(H,44,48)(H,45,52)(H3,41,43,46,47,49,50). The van der Waals surface area contributed by atoms with Gasteiger partial charge in [-0.25, -0.2) is 14.4 Å². The first kappa shape index (κ1) is 47.4. The fourth-order valence-corrected chi connectivity index (χ4v) is 9.05. The maximum Gasteiger partial charge on any atom is 0.407 e. The molecule has 6 N–H and O–H groups in total. The van der Waals surface area contributed by atoms with Gasteiger partial charge in [0.05, 0.1) is 39.1 Å². The summed E-state index contributed by atoms with van der Waals surface area (Å²) in [6.45, 7) is 20.3. The molecule has 0 bridgehead atoms. The van der Waals surface area contributed by atoms with Gasteiger partial charge in [0.2, 0.25) is 11.9 Å². The first-order valence-electron chi connectivity index (χ1n) is 20.0. The molecule has 324 valence electrons. The van der Waals surface area contributed by atoms with E-state index in [0.29, 0.717) is 50.6 Å². The van der Waals surface area contributed by atoms with Crippen LogP contribution < -0.4 is 32.1 Å². The number of aryl methyl sites for hydroxylation is 1. The maximum absolute atomic E-state index is 13.0. The molecule has 5 amide bonds. The van der Waals surface area contributed by atoms with E-state index < -0.39 is 23.8 Å². The minimum atomic E-state index is -0.586. The summed E-state index contributed by atoms with van der Waals surface area (Å²) in [4.78, 5) is 69.8. The van der Waals surface area contributed by atoms with Crippen LogP contribution in [0.2, 0.25) is 0 Å². The van der Waals surface area contributed by atoms with E-state index in [1.165, 1.54) is 6.92 Å². The summed E-state index contributed by atoms with van der Waals surface area (Å²) < 4.78 is 26.8. The Morgan fingerprint density at radius 2 is 1.40 bits per heavy atom. The van der Waals surface area contributed by atoms with E-state index >= 15 is 0 Å². The summed E-state index contributed by atoms with van der Waals surface area (Å²) in [5.41, 5.74) is -0.388. The third-order valence-corrected chi connectivity index (χ3v) is 10.5. The highest BCUT2D eigenvalue weighted by molar-refractivity contribution is 5.87. The molecule has 2 fully saturated rings. The Kier molecular flexibility index (Phi) is 17.6. The Bertz CT molecular complexity index is 1570. The molecule has 0 saturated heterocycles. The molecule has 5 unspecified atom stereocenters. The second kappa shape index (κ2) is 21.2. The molecular weight excluding hydrogens is 738 g/mol. The van der Waals surface area contributed by atoms with Crippen LogP contribution in [0.1, 0.15) is 105 Å². The van der Waals surface area contributed by atoms with Gasteiger partial charge in [-0.3, -0.25) is 14.9 Å².